The second-order valence-electron chi connectivity index (χ2n) is 5.62. The van der Waals surface area contributed by atoms with Crippen molar-refractivity contribution in [3.8, 4) is 0 Å². The zero-order valence-electron chi connectivity index (χ0n) is 11.8. The summed E-state index contributed by atoms with van der Waals surface area (Å²) in [5.41, 5.74) is 8.81. The van der Waals surface area contributed by atoms with E-state index in [1.54, 1.807) is 0 Å². The summed E-state index contributed by atoms with van der Waals surface area (Å²) in [5.74, 6) is 0.559. The molecule has 5 nitrogen and oxygen atoms in total. The number of aromatic nitrogens is 3. The third kappa shape index (κ3) is 2.30. The number of hydrogen-bond acceptors (Lipinski definition) is 4. The number of fused-ring (bicyclic) bond motifs is 1. The smallest absolute Gasteiger partial charge is 0.202 e. The maximum atomic E-state index is 6.04. The maximum Gasteiger partial charge on any atom is 0.202 e. The van der Waals surface area contributed by atoms with Crippen molar-refractivity contribution in [1.82, 2.24) is 19.4 Å². The van der Waals surface area contributed by atoms with Crippen molar-refractivity contribution in [2.45, 2.75) is 45.3 Å². The summed E-state index contributed by atoms with van der Waals surface area (Å²) >= 11 is 0. The minimum Gasteiger partial charge on any atom is -0.369 e. The van der Waals surface area contributed by atoms with Crippen LogP contribution in [-0.4, -0.2) is 38.6 Å². The number of pyridine rings is 1. The molecule has 5 heteroatoms. The summed E-state index contributed by atoms with van der Waals surface area (Å²) in [4.78, 5) is 11.4. The first kappa shape index (κ1) is 12.4. The molecule has 0 spiro atoms. The molecule has 2 aromatic rings. The lowest BCUT2D eigenvalue weighted by molar-refractivity contribution is 0.227. The van der Waals surface area contributed by atoms with E-state index in [1.165, 1.54) is 12.8 Å². The highest BCUT2D eigenvalue weighted by Crippen LogP contribution is 2.28. The van der Waals surface area contributed by atoms with Gasteiger partial charge in [0.2, 0.25) is 5.95 Å². The van der Waals surface area contributed by atoms with Crippen LogP contribution in [0.3, 0.4) is 0 Å². The lowest BCUT2D eigenvalue weighted by Crippen LogP contribution is -2.34. The molecular formula is C14H21N5. The van der Waals surface area contributed by atoms with Crippen LogP contribution in [0.25, 0.3) is 11.2 Å². The number of nitrogens with two attached hydrogens (primary N) is 1. The van der Waals surface area contributed by atoms with Gasteiger partial charge in [-0.05, 0) is 45.9 Å². The summed E-state index contributed by atoms with van der Waals surface area (Å²) in [5, 5.41) is 0. The molecule has 102 valence electrons. The van der Waals surface area contributed by atoms with Crippen molar-refractivity contribution in [3.63, 3.8) is 0 Å². The summed E-state index contributed by atoms with van der Waals surface area (Å²) in [7, 11) is 2.19. The van der Waals surface area contributed by atoms with Crippen molar-refractivity contribution in [3.05, 3.63) is 17.8 Å². The fourth-order valence-corrected chi connectivity index (χ4v) is 2.53. The predicted molar refractivity (Wildman–Crippen MR) is 76.9 cm³/mol. The minimum absolute atomic E-state index is 0.439. The molecule has 0 amide bonds. The fourth-order valence-electron chi connectivity index (χ4n) is 2.53. The molecule has 1 atom stereocenters. The van der Waals surface area contributed by atoms with E-state index in [0.29, 0.717) is 12.0 Å². The first-order valence-electron chi connectivity index (χ1n) is 6.87. The van der Waals surface area contributed by atoms with Gasteiger partial charge in [0.25, 0.3) is 0 Å². The van der Waals surface area contributed by atoms with Gasteiger partial charge >= 0.3 is 0 Å². The molecule has 1 aliphatic rings. The van der Waals surface area contributed by atoms with Crippen molar-refractivity contribution in [2.75, 3.05) is 12.8 Å². The number of nitrogen functional groups attached to an aromatic ring is 1. The van der Waals surface area contributed by atoms with Crippen LogP contribution in [0, 0.1) is 6.92 Å². The van der Waals surface area contributed by atoms with Gasteiger partial charge in [0.1, 0.15) is 5.52 Å². The van der Waals surface area contributed by atoms with E-state index in [9.17, 15) is 0 Å². The fraction of sp³-hybridized carbons (Fsp3) is 0.571. The Kier molecular flexibility index (Phi) is 2.93. The molecule has 2 heterocycles. The van der Waals surface area contributed by atoms with Gasteiger partial charge in [-0.1, -0.05) is 0 Å². The van der Waals surface area contributed by atoms with E-state index in [2.05, 4.69) is 28.8 Å². The van der Waals surface area contributed by atoms with Crippen molar-refractivity contribution in [1.29, 1.82) is 0 Å². The summed E-state index contributed by atoms with van der Waals surface area (Å²) in [6, 6.07) is 5.15. The SMILES string of the molecule is Cc1ccc2nc(N)n(CC(C)N(C)C3CC3)c2n1. The highest BCUT2D eigenvalue weighted by Gasteiger charge is 2.29. The number of imidazole rings is 1. The lowest BCUT2D eigenvalue weighted by atomic mass is 10.3. The summed E-state index contributed by atoms with van der Waals surface area (Å²) in [6.45, 7) is 5.07. The molecule has 0 bridgehead atoms. The topological polar surface area (TPSA) is 60.0 Å². The monoisotopic (exact) mass is 259 g/mol. The van der Waals surface area contributed by atoms with Gasteiger partial charge in [-0.2, -0.15) is 0 Å². The van der Waals surface area contributed by atoms with Crippen LogP contribution >= 0.6 is 0 Å². The first-order valence-corrected chi connectivity index (χ1v) is 6.87. The molecule has 1 unspecified atom stereocenters. The molecule has 0 aromatic carbocycles. The standard InChI is InChI=1S/C14H21N5/c1-9-4-7-12-13(16-9)19(14(15)17-12)8-10(2)18(3)11-5-6-11/h4,7,10-11H,5-6,8H2,1-3H3,(H2,15,17). The molecule has 2 N–H and O–H groups in total. The Morgan fingerprint density at radius 3 is 2.84 bits per heavy atom. The number of rotatable bonds is 4. The van der Waals surface area contributed by atoms with E-state index < -0.39 is 0 Å². The third-order valence-electron chi connectivity index (χ3n) is 4.03. The molecule has 1 aliphatic carbocycles. The number of hydrogen-bond donors (Lipinski definition) is 1. The van der Waals surface area contributed by atoms with Gasteiger partial charge in [-0.3, -0.25) is 9.47 Å². The van der Waals surface area contributed by atoms with E-state index >= 15 is 0 Å². The molecule has 2 aromatic heterocycles. The molecule has 1 fully saturated rings. The zero-order valence-corrected chi connectivity index (χ0v) is 11.8. The Hall–Kier alpha value is -1.62. The summed E-state index contributed by atoms with van der Waals surface area (Å²) < 4.78 is 2.03. The molecule has 3 rings (SSSR count). The van der Waals surface area contributed by atoms with Gasteiger partial charge in [0.05, 0.1) is 0 Å². The molecule has 19 heavy (non-hydrogen) atoms. The average Bonchev–Trinajstić information content (AvgIpc) is 3.17. The van der Waals surface area contributed by atoms with Crippen LogP contribution in [0.1, 0.15) is 25.5 Å². The number of nitrogens with zero attached hydrogens (tertiary/aromatic N) is 4. The van der Waals surface area contributed by atoms with Gasteiger partial charge in [0.15, 0.2) is 5.65 Å². The first-order chi connectivity index (χ1) is 9.06. The second kappa shape index (κ2) is 4.49. The van der Waals surface area contributed by atoms with Gasteiger partial charge < -0.3 is 5.73 Å². The van der Waals surface area contributed by atoms with Crippen molar-refractivity contribution < 1.29 is 0 Å². The Bertz CT molecular complexity index is 599. The molecule has 0 saturated heterocycles. The van der Waals surface area contributed by atoms with Crippen molar-refractivity contribution >= 4 is 17.1 Å². The van der Waals surface area contributed by atoms with E-state index in [4.69, 9.17) is 5.73 Å². The highest BCUT2D eigenvalue weighted by molar-refractivity contribution is 5.74. The largest absolute Gasteiger partial charge is 0.369 e. The highest BCUT2D eigenvalue weighted by atomic mass is 15.2. The van der Waals surface area contributed by atoms with Gasteiger partial charge in [-0.25, -0.2) is 9.97 Å². The zero-order chi connectivity index (χ0) is 13.6. The van der Waals surface area contributed by atoms with Crippen LogP contribution in [0.2, 0.25) is 0 Å². The van der Waals surface area contributed by atoms with E-state index in [0.717, 1.165) is 29.4 Å². The molecular weight excluding hydrogens is 238 g/mol. The lowest BCUT2D eigenvalue weighted by Gasteiger charge is -2.25. The van der Waals surface area contributed by atoms with Crippen LogP contribution in [0.15, 0.2) is 12.1 Å². The maximum absolute atomic E-state index is 6.04. The van der Waals surface area contributed by atoms with E-state index in [1.807, 2.05) is 23.6 Å². The van der Waals surface area contributed by atoms with Crippen LogP contribution < -0.4 is 5.73 Å². The Balaban J connectivity index is 1.90. The van der Waals surface area contributed by atoms with E-state index in [-0.39, 0.29) is 0 Å². The average molecular weight is 259 g/mol. The summed E-state index contributed by atoms with van der Waals surface area (Å²) in [6.07, 6.45) is 2.64. The second-order valence-corrected chi connectivity index (χ2v) is 5.62. The van der Waals surface area contributed by atoms with Crippen LogP contribution in [0.5, 0.6) is 0 Å². The predicted octanol–water partition coefficient (Wildman–Crippen LogP) is 1.80. The minimum atomic E-state index is 0.439. The van der Waals surface area contributed by atoms with Gasteiger partial charge in [0, 0.05) is 24.3 Å². The number of anilines is 1. The van der Waals surface area contributed by atoms with Crippen molar-refractivity contribution in [2.24, 2.45) is 0 Å². The number of aryl methyl sites for hydroxylation is 1. The third-order valence-corrected chi connectivity index (χ3v) is 4.03. The molecule has 1 saturated carbocycles. The van der Waals surface area contributed by atoms with Gasteiger partial charge in [-0.15, -0.1) is 0 Å². The molecule has 0 radical (unpaired) electrons. The quantitative estimate of drug-likeness (QED) is 0.909. The Labute approximate surface area is 113 Å². The Morgan fingerprint density at radius 2 is 2.16 bits per heavy atom. The van der Waals surface area contributed by atoms with Crippen LogP contribution in [0.4, 0.5) is 5.95 Å². The normalized spacial score (nSPS) is 17.3. The number of likely N-dealkylation sites (N-methyl/N-ethyl adjacent to an activating group) is 1. The van der Waals surface area contributed by atoms with Crippen LogP contribution in [-0.2, 0) is 6.54 Å². The molecule has 0 aliphatic heterocycles. The Morgan fingerprint density at radius 1 is 1.42 bits per heavy atom.